The molecule has 2 atom stereocenters. The molecule has 1 saturated carbocycles. The molecule has 2 N–H and O–H groups in total. The summed E-state index contributed by atoms with van der Waals surface area (Å²) >= 11 is 0. The van der Waals surface area contributed by atoms with E-state index in [4.69, 9.17) is 0 Å². The predicted octanol–water partition coefficient (Wildman–Crippen LogP) is 1.90. The van der Waals surface area contributed by atoms with Gasteiger partial charge in [-0.15, -0.1) is 0 Å². The number of rotatable bonds is 5. The Morgan fingerprint density at radius 1 is 1.24 bits per heavy atom. The molecule has 0 amide bonds. The van der Waals surface area contributed by atoms with Crippen molar-refractivity contribution in [2.24, 2.45) is 5.92 Å². The van der Waals surface area contributed by atoms with Gasteiger partial charge in [0, 0.05) is 26.6 Å². The lowest BCUT2D eigenvalue weighted by atomic mass is 9.86. The molecule has 0 radical (unpaired) electrons. The quantitative estimate of drug-likeness (QED) is 0.871. The average molecular weight is 312 g/mol. The number of hydrogen-bond donors (Lipinski definition) is 2. The Labute approximate surface area is 127 Å². The third-order valence-corrected chi connectivity index (χ3v) is 5.94. The molecular formula is C15H24N2O3S. The second-order valence-electron chi connectivity index (χ2n) is 5.78. The highest BCUT2D eigenvalue weighted by molar-refractivity contribution is 7.89. The van der Waals surface area contributed by atoms with Crippen molar-refractivity contribution in [3.05, 3.63) is 24.3 Å². The van der Waals surface area contributed by atoms with E-state index in [1.54, 1.807) is 18.2 Å². The summed E-state index contributed by atoms with van der Waals surface area (Å²) in [5, 5.41) is 13.2. The van der Waals surface area contributed by atoms with E-state index in [1.807, 2.05) is 6.07 Å². The van der Waals surface area contributed by atoms with E-state index in [9.17, 15) is 13.5 Å². The molecule has 2 rings (SSSR count). The molecule has 0 spiro atoms. The van der Waals surface area contributed by atoms with E-state index < -0.39 is 10.0 Å². The second-order valence-corrected chi connectivity index (χ2v) is 7.90. The van der Waals surface area contributed by atoms with Crippen LogP contribution in [0.4, 0.5) is 5.69 Å². The number of nitrogens with zero attached hydrogens (tertiary/aromatic N) is 1. The van der Waals surface area contributed by atoms with Crippen LogP contribution in [0.1, 0.15) is 25.7 Å². The fourth-order valence-corrected chi connectivity index (χ4v) is 3.76. The minimum absolute atomic E-state index is 0.189. The number of aliphatic hydroxyl groups is 1. The molecule has 0 bridgehead atoms. The van der Waals surface area contributed by atoms with Crippen molar-refractivity contribution in [3.8, 4) is 0 Å². The third-order valence-electron chi connectivity index (χ3n) is 4.07. The summed E-state index contributed by atoms with van der Waals surface area (Å²) < 4.78 is 25.8. The van der Waals surface area contributed by atoms with Gasteiger partial charge in [0.25, 0.3) is 0 Å². The molecule has 5 nitrogen and oxygen atoms in total. The van der Waals surface area contributed by atoms with Gasteiger partial charge in [-0.1, -0.05) is 25.0 Å². The zero-order valence-corrected chi connectivity index (χ0v) is 13.4. The van der Waals surface area contributed by atoms with Crippen LogP contribution in [-0.4, -0.2) is 44.6 Å². The lowest BCUT2D eigenvalue weighted by Crippen LogP contribution is -2.31. The summed E-state index contributed by atoms with van der Waals surface area (Å²) in [6.45, 7) is 0.598. The summed E-state index contributed by atoms with van der Waals surface area (Å²) in [5.74, 6) is 0.189. The molecular weight excluding hydrogens is 288 g/mol. The number of benzene rings is 1. The van der Waals surface area contributed by atoms with Gasteiger partial charge in [-0.2, -0.15) is 0 Å². The Bertz CT molecular complexity index is 572. The smallest absolute Gasteiger partial charge is 0.244 e. The van der Waals surface area contributed by atoms with Crippen molar-refractivity contribution in [3.63, 3.8) is 0 Å². The largest absolute Gasteiger partial charge is 0.393 e. The van der Waals surface area contributed by atoms with E-state index in [-0.39, 0.29) is 16.9 Å². The Morgan fingerprint density at radius 3 is 2.57 bits per heavy atom. The highest BCUT2D eigenvalue weighted by Gasteiger charge is 2.24. The first-order valence-electron chi connectivity index (χ1n) is 7.36. The molecule has 1 aliphatic rings. The Kier molecular flexibility index (Phi) is 5.24. The SMILES string of the molecule is CN(C)S(=O)(=O)c1ccccc1NCC1CCCCC1O. The van der Waals surface area contributed by atoms with Crippen molar-refractivity contribution in [2.45, 2.75) is 36.7 Å². The molecule has 0 heterocycles. The molecule has 2 unspecified atom stereocenters. The van der Waals surface area contributed by atoms with Crippen molar-refractivity contribution >= 4 is 15.7 Å². The number of nitrogens with one attached hydrogen (secondary N) is 1. The normalized spacial score (nSPS) is 23.2. The lowest BCUT2D eigenvalue weighted by molar-refractivity contribution is 0.0763. The highest BCUT2D eigenvalue weighted by atomic mass is 32.2. The fraction of sp³-hybridized carbons (Fsp3) is 0.600. The third kappa shape index (κ3) is 3.75. The average Bonchev–Trinajstić information content (AvgIpc) is 2.46. The van der Waals surface area contributed by atoms with E-state index in [2.05, 4.69) is 5.32 Å². The standard InChI is InChI=1S/C15H24N2O3S/c1-17(2)21(19,20)15-10-6-4-8-13(15)16-11-12-7-3-5-9-14(12)18/h4,6,8,10,12,14,16,18H,3,5,7,9,11H2,1-2H3. The van der Waals surface area contributed by atoms with E-state index in [0.717, 1.165) is 25.7 Å². The topological polar surface area (TPSA) is 69.6 Å². The van der Waals surface area contributed by atoms with Gasteiger partial charge in [0.1, 0.15) is 4.90 Å². The molecule has 21 heavy (non-hydrogen) atoms. The summed E-state index contributed by atoms with van der Waals surface area (Å²) in [5.41, 5.74) is 0.601. The van der Waals surface area contributed by atoms with Gasteiger partial charge in [-0.3, -0.25) is 0 Å². The summed E-state index contributed by atoms with van der Waals surface area (Å²) in [7, 11) is -0.416. The highest BCUT2D eigenvalue weighted by Crippen LogP contribution is 2.27. The fourth-order valence-electron chi connectivity index (χ4n) is 2.70. The van der Waals surface area contributed by atoms with Gasteiger partial charge in [0.2, 0.25) is 10.0 Å². The molecule has 1 fully saturated rings. The lowest BCUT2D eigenvalue weighted by Gasteiger charge is -2.28. The van der Waals surface area contributed by atoms with Gasteiger partial charge in [0.15, 0.2) is 0 Å². The van der Waals surface area contributed by atoms with Crippen molar-refractivity contribution < 1.29 is 13.5 Å². The number of hydrogen-bond acceptors (Lipinski definition) is 4. The molecule has 6 heteroatoms. The zero-order chi connectivity index (χ0) is 15.5. The van der Waals surface area contributed by atoms with Gasteiger partial charge in [0.05, 0.1) is 11.8 Å². The first-order valence-corrected chi connectivity index (χ1v) is 8.80. The molecule has 1 aliphatic carbocycles. The minimum Gasteiger partial charge on any atom is -0.393 e. The van der Waals surface area contributed by atoms with E-state index in [0.29, 0.717) is 12.2 Å². The maximum atomic E-state index is 12.3. The maximum Gasteiger partial charge on any atom is 0.244 e. The molecule has 0 saturated heterocycles. The van der Waals surface area contributed by atoms with Crippen LogP contribution in [0.3, 0.4) is 0 Å². The number of sulfonamides is 1. The second kappa shape index (κ2) is 6.77. The summed E-state index contributed by atoms with van der Waals surface area (Å²) in [4.78, 5) is 0.278. The van der Waals surface area contributed by atoms with Crippen molar-refractivity contribution in [1.82, 2.24) is 4.31 Å². The van der Waals surface area contributed by atoms with Crippen LogP contribution in [0.5, 0.6) is 0 Å². The molecule has 1 aromatic rings. The van der Waals surface area contributed by atoms with Gasteiger partial charge >= 0.3 is 0 Å². The predicted molar refractivity (Wildman–Crippen MR) is 83.8 cm³/mol. The Hall–Kier alpha value is -1.11. The van der Waals surface area contributed by atoms with E-state index in [1.165, 1.54) is 18.4 Å². The zero-order valence-electron chi connectivity index (χ0n) is 12.6. The van der Waals surface area contributed by atoms with Crippen LogP contribution in [0.25, 0.3) is 0 Å². The number of para-hydroxylation sites is 1. The first kappa shape index (κ1) is 16.3. The van der Waals surface area contributed by atoms with Crippen LogP contribution in [0.2, 0.25) is 0 Å². The maximum absolute atomic E-state index is 12.3. The van der Waals surface area contributed by atoms with Gasteiger partial charge in [-0.25, -0.2) is 12.7 Å². The summed E-state index contributed by atoms with van der Waals surface area (Å²) in [6, 6.07) is 6.91. The first-order chi connectivity index (χ1) is 9.93. The van der Waals surface area contributed by atoms with Crippen LogP contribution in [-0.2, 0) is 10.0 Å². The van der Waals surface area contributed by atoms with Gasteiger partial charge in [-0.05, 0) is 25.0 Å². The van der Waals surface area contributed by atoms with Crippen molar-refractivity contribution in [1.29, 1.82) is 0 Å². The monoisotopic (exact) mass is 312 g/mol. The molecule has 118 valence electrons. The Morgan fingerprint density at radius 2 is 1.90 bits per heavy atom. The van der Waals surface area contributed by atoms with Crippen LogP contribution >= 0.6 is 0 Å². The summed E-state index contributed by atoms with van der Waals surface area (Å²) in [6.07, 6.45) is 3.73. The Balaban J connectivity index is 2.14. The minimum atomic E-state index is -3.47. The van der Waals surface area contributed by atoms with Crippen LogP contribution in [0, 0.1) is 5.92 Å². The van der Waals surface area contributed by atoms with Gasteiger partial charge < -0.3 is 10.4 Å². The molecule has 0 aromatic heterocycles. The van der Waals surface area contributed by atoms with Crippen molar-refractivity contribution in [2.75, 3.05) is 26.0 Å². The van der Waals surface area contributed by atoms with Crippen LogP contribution in [0.15, 0.2) is 29.2 Å². The van der Waals surface area contributed by atoms with Crippen LogP contribution < -0.4 is 5.32 Å². The number of aliphatic hydroxyl groups excluding tert-OH is 1. The van der Waals surface area contributed by atoms with E-state index >= 15 is 0 Å². The molecule has 1 aromatic carbocycles. The number of anilines is 1. The molecule has 0 aliphatic heterocycles.